The molecule has 1 aromatic rings. The molecule has 13 heavy (non-hydrogen) atoms. The Kier molecular flexibility index (Phi) is 4.06. The van der Waals surface area contributed by atoms with E-state index in [0.717, 1.165) is 5.75 Å². The molecule has 70 valence electrons. The van der Waals surface area contributed by atoms with Gasteiger partial charge < -0.3 is 9.84 Å². The summed E-state index contributed by atoms with van der Waals surface area (Å²) in [6, 6.07) is 9.46. The molecule has 0 bridgehead atoms. The number of para-hydroxylation sites is 1. The predicted molar refractivity (Wildman–Crippen MR) is 52.8 cm³/mol. The summed E-state index contributed by atoms with van der Waals surface area (Å²) in [7, 11) is 0. The summed E-state index contributed by atoms with van der Waals surface area (Å²) in [6.45, 7) is 3.61. The maximum Gasteiger partial charge on any atom is 0.125 e. The molecule has 1 aromatic carbocycles. The summed E-state index contributed by atoms with van der Waals surface area (Å²) < 4.78 is 5.48. The van der Waals surface area contributed by atoms with Gasteiger partial charge in [0.2, 0.25) is 0 Å². The normalized spacial score (nSPS) is 12.1. The van der Waals surface area contributed by atoms with Crippen LogP contribution >= 0.6 is 0 Å². The molecule has 0 aliphatic heterocycles. The first-order chi connectivity index (χ1) is 6.36. The Bertz CT molecular complexity index is 244. The van der Waals surface area contributed by atoms with E-state index >= 15 is 0 Å². The zero-order valence-electron chi connectivity index (χ0n) is 7.52. The predicted octanol–water partition coefficient (Wildman–Crippen LogP) is 2.00. The topological polar surface area (TPSA) is 29.5 Å². The van der Waals surface area contributed by atoms with E-state index in [0.29, 0.717) is 6.42 Å². The molecule has 1 atom stereocenters. The second-order valence-electron chi connectivity index (χ2n) is 2.76. The number of hydrogen-bond acceptors (Lipinski definition) is 2. The third kappa shape index (κ3) is 3.30. The molecular weight excluding hydrogens is 164 g/mol. The highest BCUT2D eigenvalue weighted by molar-refractivity contribution is 5.21. The lowest BCUT2D eigenvalue weighted by Gasteiger charge is -2.14. The SMILES string of the molecule is C=CCC(CO)Oc1ccccc1. The van der Waals surface area contributed by atoms with Crippen molar-refractivity contribution in [1.29, 1.82) is 0 Å². The van der Waals surface area contributed by atoms with E-state index in [9.17, 15) is 0 Å². The standard InChI is InChI=1S/C11H14O2/c1-2-6-11(9-12)13-10-7-4-3-5-8-10/h2-5,7-8,11-12H,1,6,9H2. The maximum atomic E-state index is 8.95. The van der Waals surface area contributed by atoms with Gasteiger partial charge in [0, 0.05) is 6.42 Å². The molecule has 0 heterocycles. The van der Waals surface area contributed by atoms with Crippen molar-refractivity contribution in [3.8, 4) is 5.75 Å². The molecule has 1 unspecified atom stereocenters. The first kappa shape index (κ1) is 9.81. The Morgan fingerprint density at radius 2 is 2.08 bits per heavy atom. The van der Waals surface area contributed by atoms with Gasteiger partial charge in [-0.05, 0) is 12.1 Å². The lowest BCUT2D eigenvalue weighted by molar-refractivity contribution is 0.118. The molecule has 1 rings (SSSR count). The number of benzene rings is 1. The van der Waals surface area contributed by atoms with Crippen LogP contribution in [-0.2, 0) is 0 Å². The van der Waals surface area contributed by atoms with E-state index in [4.69, 9.17) is 9.84 Å². The van der Waals surface area contributed by atoms with Crippen LogP contribution in [0.3, 0.4) is 0 Å². The molecule has 0 fully saturated rings. The van der Waals surface area contributed by atoms with Crippen molar-refractivity contribution in [2.45, 2.75) is 12.5 Å². The summed E-state index contributed by atoms with van der Waals surface area (Å²) in [4.78, 5) is 0. The zero-order valence-corrected chi connectivity index (χ0v) is 7.52. The third-order valence-electron chi connectivity index (χ3n) is 1.68. The fraction of sp³-hybridized carbons (Fsp3) is 0.273. The van der Waals surface area contributed by atoms with Crippen molar-refractivity contribution in [2.24, 2.45) is 0 Å². The van der Waals surface area contributed by atoms with Gasteiger partial charge in [-0.1, -0.05) is 24.3 Å². The number of rotatable bonds is 5. The summed E-state index contributed by atoms with van der Waals surface area (Å²) in [5.74, 6) is 0.781. The first-order valence-electron chi connectivity index (χ1n) is 4.30. The van der Waals surface area contributed by atoms with Crippen molar-refractivity contribution in [3.05, 3.63) is 43.0 Å². The molecule has 0 aliphatic rings. The average Bonchev–Trinajstić information content (AvgIpc) is 2.19. The van der Waals surface area contributed by atoms with E-state index in [1.807, 2.05) is 30.3 Å². The highest BCUT2D eigenvalue weighted by Crippen LogP contribution is 2.12. The summed E-state index contributed by atoms with van der Waals surface area (Å²) in [5.41, 5.74) is 0. The van der Waals surface area contributed by atoms with Crippen LogP contribution in [-0.4, -0.2) is 17.8 Å². The van der Waals surface area contributed by atoms with Crippen molar-refractivity contribution in [2.75, 3.05) is 6.61 Å². The third-order valence-corrected chi connectivity index (χ3v) is 1.68. The Morgan fingerprint density at radius 3 is 2.62 bits per heavy atom. The van der Waals surface area contributed by atoms with Crippen LogP contribution in [0.2, 0.25) is 0 Å². The summed E-state index contributed by atoms with van der Waals surface area (Å²) in [6.07, 6.45) is 2.22. The lowest BCUT2D eigenvalue weighted by atomic mass is 10.2. The highest BCUT2D eigenvalue weighted by atomic mass is 16.5. The molecule has 0 amide bonds. The van der Waals surface area contributed by atoms with Crippen molar-refractivity contribution >= 4 is 0 Å². The number of aliphatic hydroxyl groups excluding tert-OH is 1. The molecule has 0 aliphatic carbocycles. The van der Waals surface area contributed by atoms with Gasteiger partial charge in [0.05, 0.1) is 6.61 Å². The number of aliphatic hydroxyl groups is 1. The van der Waals surface area contributed by atoms with Crippen LogP contribution in [0.15, 0.2) is 43.0 Å². The molecule has 0 spiro atoms. The average molecular weight is 178 g/mol. The minimum Gasteiger partial charge on any atom is -0.488 e. The minimum absolute atomic E-state index is 0.0148. The van der Waals surface area contributed by atoms with Crippen LogP contribution in [0.4, 0.5) is 0 Å². The van der Waals surface area contributed by atoms with E-state index in [1.54, 1.807) is 6.08 Å². The number of hydrogen-bond donors (Lipinski definition) is 1. The van der Waals surface area contributed by atoms with Gasteiger partial charge in [0.25, 0.3) is 0 Å². The Balaban J connectivity index is 2.51. The van der Waals surface area contributed by atoms with E-state index in [2.05, 4.69) is 6.58 Å². The minimum atomic E-state index is -0.181. The Hall–Kier alpha value is -1.28. The molecule has 0 saturated carbocycles. The van der Waals surface area contributed by atoms with Crippen LogP contribution < -0.4 is 4.74 Å². The lowest BCUT2D eigenvalue weighted by Crippen LogP contribution is -2.19. The smallest absolute Gasteiger partial charge is 0.125 e. The summed E-state index contributed by atoms with van der Waals surface area (Å²) >= 11 is 0. The van der Waals surface area contributed by atoms with E-state index in [-0.39, 0.29) is 12.7 Å². The molecular formula is C11H14O2. The fourth-order valence-corrected chi connectivity index (χ4v) is 1.04. The van der Waals surface area contributed by atoms with Gasteiger partial charge in [-0.2, -0.15) is 0 Å². The Labute approximate surface area is 78.5 Å². The van der Waals surface area contributed by atoms with Crippen molar-refractivity contribution in [1.82, 2.24) is 0 Å². The highest BCUT2D eigenvalue weighted by Gasteiger charge is 2.05. The number of ether oxygens (including phenoxy) is 1. The van der Waals surface area contributed by atoms with Gasteiger partial charge in [0.15, 0.2) is 0 Å². The van der Waals surface area contributed by atoms with Crippen molar-refractivity contribution in [3.63, 3.8) is 0 Å². The monoisotopic (exact) mass is 178 g/mol. The summed E-state index contributed by atoms with van der Waals surface area (Å²) in [5, 5.41) is 8.95. The molecule has 1 N–H and O–H groups in total. The van der Waals surface area contributed by atoms with Crippen LogP contribution in [0.5, 0.6) is 5.75 Å². The van der Waals surface area contributed by atoms with Gasteiger partial charge in [-0.3, -0.25) is 0 Å². The van der Waals surface area contributed by atoms with Crippen LogP contribution in [0.25, 0.3) is 0 Å². The molecule has 0 radical (unpaired) electrons. The van der Waals surface area contributed by atoms with Gasteiger partial charge in [-0.25, -0.2) is 0 Å². The van der Waals surface area contributed by atoms with Gasteiger partial charge in [0.1, 0.15) is 11.9 Å². The van der Waals surface area contributed by atoms with Crippen molar-refractivity contribution < 1.29 is 9.84 Å². The maximum absolute atomic E-state index is 8.95. The molecule has 2 nitrogen and oxygen atoms in total. The van der Waals surface area contributed by atoms with Crippen LogP contribution in [0.1, 0.15) is 6.42 Å². The molecule has 2 heteroatoms. The quantitative estimate of drug-likeness (QED) is 0.699. The Morgan fingerprint density at radius 1 is 1.38 bits per heavy atom. The largest absolute Gasteiger partial charge is 0.488 e. The second-order valence-corrected chi connectivity index (χ2v) is 2.76. The second kappa shape index (κ2) is 5.38. The van der Waals surface area contributed by atoms with Crippen LogP contribution in [0, 0.1) is 0 Å². The fourth-order valence-electron chi connectivity index (χ4n) is 1.04. The van der Waals surface area contributed by atoms with E-state index < -0.39 is 0 Å². The molecule has 0 aromatic heterocycles. The van der Waals surface area contributed by atoms with Gasteiger partial charge in [-0.15, -0.1) is 6.58 Å². The van der Waals surface area contributed by atoms with Gasteiger partial charge >= 0.3 is 0 Å². The molecule has 0 saturated heterocycles. The first-order valence-corrected chi connectivity index (χ1v) is 4.30. The zero-order chi connectivity index (χ0) is 9.52. The van der Waals surface area contributed by atoms with E-state index in [1.165, 1.54) is 0 Å².